The highest BCUT2D eigenvalue weighted by Gasteiger charge is 2.19. The van der Waals surface area contributed by atoms with Crippen LogP contribution in [0.3, 0.4) is 0 Å². The normalized spacial score (nSPS) is 22.9. The maximum absolute atomic E-state index is 3.59. The van der Waals surface area contributed by atoms with E-state index < -0.39 is 0 Å². The Morgan fingerprint density at radius 1 is 1.33 bits per heavy atom. The maximum Gasteiger partial charge on any atom is 0.00733 e. The number of rotatable bonds is 4. The summed E-state index contributed by atoms with van der Waals surface area (Å²) in [5.74, 6) is 0.738. The summed E-state index contributed by atoms with van der Waals surface area (Å²) in [6, 6.07) is 11.7. The molecule has 1 heterocycles. The van der Waals surface area contributed by atoms with Crippen molar-refractivity contribution < 1.29 is 0 Å². The molecule has 0 spiro atoms. The molecule has 2 rings (SSSR count). The molecule has 1 aliphatic heterocycles. The van der Waals surface area contributed by atoms with E-state index in [1.165, 1.54) is 37.8 Å². The minimum absolute atomic E-state index is 0.738. The van der Waals surface area contributed by atoms with Gasteiger partial charge in [0.25, 0.3) is 0 Å². The summed E-state index contributed by atoms with van der Waals surface area (Å²) >= 11 is 0. The van der Waals surface area contributed by atoms with E-state index in [4.69, 9.17) is 0 Å². The quantitative estimate of drug-likeness (QED) is 0.791. The van der Waals surface area contributed by atoms with Gasteiger partial charge in [-0.05, 0) is 43.7 Å². The molecule has 0 amide bonds. The Labute approximate surface area is 92.9 Å². The topological polar surface area (TPSA) is 12.0 Å². The first kappa shape index (κ1) is 10.7. The molecule has 1 heteroatoms. The molecule has 1 nitrogen and oxygen atoms in total. The number of nitrogens with one attached hydrogen (secondary N) is 1. The number of hydrogen-bond donors (Lipinski definition) is 1. The van der Waals surface area contributed by atoms with Crippen LogP contribution in [0.1, 0.15) is 44.1 Å². The lowest BCUT2D eigenvalue weighted by atomic mass is 9.89. The van der Waals surface area contributed by atoms with Crippen molar-refractivity contribution in [2.75, 3.05) is 6.54 Å². The molecule has 1 fully saturated rings. The second kappa shape index (κ2) is 5.32. The molecule has 0 bridgehead atoms. The first-order valence-corrected chi connectivity index (χ1v) is 6.18. The fourth-order valence-corrected chi connectivity index (χ4v) is 2.56. The Hall–Kier alpha value is -0.820. The van der Waals surface area contributed by atoms with Gasteiger partial charge in [-0.3, -0.25) is 0 Å². The van der Waals surface area contributed by atoms with Crippen LogP contribution in [0.4, 0.5) is 0 Å². The van der Waals surface area contributed by atoms with Crippen LogP contribution in [-0.4, -0.2) is 12.6 Å². The van der Waals surface area contributed by atoms with Crippen molar-refractivity contribution in [2.45, 2.75) is 44.6 Å². The molecule has 1 N–H and O–H groups in total. The molecule has 2 unspecified atom stereocenters. The predicted molar refractivity (Wildman–Crippen MR) is 65.1 cm³/mol. The molecule has 1 saturated heterocycles. The Kier molecular flexibility index (Phi) is 3.79. The van der Waals surface area contributed by atoms with Crippen LogP contribution in [0.5, 0.6) is 0 Å². The smallest absolute Gasteiger partial charge is 0.00733 e. The molecule has 1 aromatic carbocycles. The van der Waals surface area contributed by atoms with Gasteiger partial charge in [0, 0.05) is 6.04 Å². The molecule has 82 valence electrons. The lowest BCUT2D eigenvalue weighted by Crippen LogP contribution is -2.23. The van der Waals surface area contributed by atoms with Crippen molar-refractivity contribution in [3.63, 3.8) is 0 Å². The third kappa shape index (κ3) is 2.82. The van der Waals surface area contributed by atoms with Gasteiger partial charge in [-0.1, -0.05) is 37.3 Å². The van der Waals surface area contributed by atoms with E-state index in [0.717, 1.165) is 12.0 Å². The van der Waals surface area contributed by atoms with Crippen LogP contribution >= 0.6 is 0 Å². The summed E-state index contributed by atoms with van der Waals surface area (Å²) in [6.07, 6.45) is 5.28. The van der Waals surface area contributed by atoms with Gasteiger partial charge >= 0.3 is 0 Å². The highest BCUT2D eigenvalue weighted by molar-refractivity contribution is 5.19. The van der Waals surface area contributed by atoms with Gasteiger partial charge in [-0.15, -0.1) is 0 Å². The van der Waals surface area contributed by atoms with Crippen LogP contribution in [-0.2, 0) is 0 Å². The molecule has 15 heavy (non-hydrogen) atoms. The van der Waals surface area contributed by atoms with E-state index in [2.05, 4.69) is 42.6 Å². The third-order valence-corrected chi connectivity index (χ3v) is 3.50. The minimum atomic E-state index is 0.738. The SMILES string of the molecule is CCC(CC1CCCN1)c1ccccc1. The van der Waals surface area contributed by atoms with Crippen molar-refractivity contribution in [1.82, 2.24) is 5.32 Å². The molecular formula is C14H21N. The second-order valence-electron chi connectivity index (χ2n) is 4.54. The highest BCUT2D eigenvalue weighted by atomic mass is 14.9. The Morgan fingerprint density at radius 2 is 2.13 bits per heavy atom. The molecule has 0 aromatic heterocycles. The minimum Gasteiger partial charge on any atom is -0.314 e. The van der Waals surface area contributed by atoms with Crippen molar-refractivity contribution in [2.24, 2.45) is 0 Å². The van der Waals surface area contributed by atoms with Crippen LogP contribution in [0.2, 0.25) is 0 Å². The Balaban J connectivity index is 1.97. The van der Waals surface area contributed by atoms with Crippen LogP contribution in [0.15, 0.2) is 30.3 Å². The molecular weight excluding hydrogens is 182 g/mol. The van der Waals surface area contributed by atoms with E-state index in [1.807, 2.05) is 0 Å². The molecule has 0 radical (unpaired) electrons. The third-order valence-electron chi connectivity index (χ3n) is 3.50. The van der Waals surface area contributed by atoms with Gasteiger partial charge in [0.05, 0.1) is 0 Å². The van der Waals surface area contributed by atoms with Crippen LogP contribution in [0.25, 0.3) is 0 Å². The Bertz CT molecular complexity index is 275. The zero-order valence-corrected chi connectivity index (χ0v) is 9.58. The van der Waals surface area contributed by atoms with E-state index >= 15 is 0 Å². The summed E-state index contributed by atoms with van der Waals surface area (Å²) in [7, 11) is 0. The molecule has 1 aliphatic rings. The van der Waals surface area contributed by atoms with Gasteiger partial charge in [0.15, 0.2) is 0 Å². The zero-order chi connectivity index (χ0) is 10.5. The lowest BCUT2D eigenvalue weighted by Gasteiger charge is -2.19. The number of benzene rings is 1. The highest BCUT2D eigenvalue weighted by Crippen LogP contribution is 2.26. The van der Waals surface area contributed by atoms with Crippen molar-refractivity contribution in [3.05, 3.63) is 35.9 Å². The second-order valence-corrected chi connectivity index (χ2v) is 4.54. The number of hydrogen-bond acceptors (Lipinski definition) is 1. The first-order valence-electron chi connectivity index (χ1n) is 6.18. The van der Waals surface area contributed by atoms with Gasteiger partial charge in [-0.25, -0.2) is 0 Å². The first-order chi connectivity index (χ1) is 7.40. The van der Waals surface area contributed by atoms with Crippen molar-refractivity contribution in [1.29, 1.82) is 0 Å². The fourth-order valence-electron chi connectivity index (χ4n) is 2.56. The Morgan fingerprint density at radius 3 is 2.73 bits per heavy atom. The largest absolute Gasteiger partial charge is 0.314 e. The van der Waals surface area contributed by atoms with E-state index in [1.54, 1.807) is 0 Å². The predicted octanol–water partition coefficient (Wildman–Crippen LogP) is 3.32. The van der Waals surface area contributed by atoms with E-state index in [-0.39, 0.29) is 0 Å². The van der Waals surface area contributed by atoms with Gasteiger partial charge in [0.1, 0.15) is 0 Å². The van der Waals surface area contributed by atoms with Gasteiger partial charge in [-0.2, -0.15) is 0 Å². The molecule has 0 saturated carbocycles. The zero-order valence-electron chi connectivity index (χ0n) is 9.58. The lowest BCUT2D eigenvalue weighted by molar-refractivity contribution is 0.482. The van der Waals surface area contributed by atoms with E-state index in [9.17, 15) is 0 Å². The van der Waals surface area contributed by atoms with Crippen LogP contribution < -0.4 is 5.32 Å². The fraction of sp³-hybridized carbons (Fsp3) is 0.571. The average molecular weight is 203 g/mol. The monoisotopic (exact) mass is 203 g/mol. The average Bonchev–Trinajstić information content (AvgIpc) is 2.80. The standard InChI is InChI=1S/C14H21N/c1-2-12(11-14-9-6-10-15-14)13-7-4-3-5-8-13/h3-5,7-8,12,14-15H,2,6,9-11H2,1H3. The van der Waals surface area contributed by atoms with Crippen molar-refractivity contribution >= 4 is 0 Å². The van der Waals surface area contributed by atoms with Gasteiger partial charge < -0.3 is 5.32 Å². The molecule has 0 aliphatic carbocycles. The van der Waals surface area contributed by atoms with Crippen LogP contribution in [0, 0.1) is 0 Å². The summed E-state index contributed by atoms with van der Waals surface area (Å²) in [5.41, 5.74) is 1.51. The summed E-state index contributed by atoms with van der Waals surface area (Å²) < 4.78 is 0. The van der Waals surface area contributed by atoms with Gasteiger partial charge in [0.2, 0.25) is 0 Å². The molecule has 2 atom stereocenters. The summed E-state index contributed by atoms with van der Waals surface area (Å²) in [6.45, 7) is 3.52. The van der Waals surface area contributed by atoms with E-state index in [0.29, 0.717) is 0 Å². The summed E-state index contributed by atoms with van der Waals surface area (Å²) in [5, 5.41) is 3.59. The van der Waals surface area contributed by atoms with Crippen molar-refractivity contribution in [3.8, 4) is 0 Å². The maximum atomic E-state index is 3.59. The molecule has 1 aromatic rings. The summed E-state index contributed by atoms with van der Waals surface area (Å²) in [4.78, 5) is 0.